The van der Waals surface area contributed by atoms with Crippen LogP contribution in [0.2, 0.25) is 0 Å². The van der Waals surface area contributed by atoms with Crippen LogP contribution in [0, 0.1) is 5.82 Å². The van der Waals surface area contributed by atoms with Crippen LogP contribution in [-0.4, -0.2) is 47.2 Å². The van der Waals surface area contributed by atoms with Crippen molar-refractivity contribution in [3.05, 3.63) is 41.8 Å². The summed E-state index contributed by atoms with van der Waals surface area (Å²) in [6, 6.07) is 6.52. The molecule has 10 heteroatoms. The van der Waals surface area contributed by atoms with E-state index in [1.165, 1.54) is 12.3 Å². The van der Waals surface area contributed by atoms with E-state index in [4.69, 9.17) is 0 Å². The molecule has 0 spiro atoms. The molecule has 2 heterocycles. The first-order chi connectivity index (χ1) is 13.5. The van der Waals surface area contributed by atoms with E-state index >= 15 is 0 Å². The molecular formula is C19H25FN6O3. The van der Waals surface area contributed by atoms with Crippen LogP contribution in [-0.2, 0) is 6.10 Å². The number of nitrogens with zero attached hydrogens (tertiary/aromatic N) is 4. The molecule has 3 aromatic rings. The summed E-state index contributed by atoms with van der Waals surface area (Å²) in [5.74, 6) is 0.0986. The Morgan fingerprint density at radius 3 is 2.45 bits per heavy atom. The fourth-order valence-corrected chi connectivity index (χ4v) is 2.89. The van der Waals surface area contributed by atoms with Crippen molar-refractivity contribution in [2.24, 2.45) is 0 Å². The van der Waals surface area contributed by atoms with E-state index in [2.05, 4.69) is 25.7 Å². The van der Waals surface area contributed by atoms with Gasteiger partial charge in [-0.2, -0.15) is 19.7 Å². The fourth-order valence-electron chi connectivity index (χ4n) is 2.89. The van der Waals surface area contributed by atoms with Gasteiger partial charge in [0.25, 0.3) is 0 Å². The first kappa shape index (κ1) is 20.9. The van der Waals surface area contributed by atoms with Gasteiger partial charge in [0.1, 0.15) is 11.6 Å². The third kappa shape index (κ3) is 4.78. The molecule has 0 fully saturated rings. The summed E-state index contributed by atoms with van der Waals surface area (Å²) < 4.78 is 14.6. The van der Waals surface area contributed by atoms with Crippen LogP contribution in [0.1, 0.15) is 39.2 Å². The normalized spacial score (nSPS) is 13.5. The number of halogens is 1. The topological polar surface area (TPSA) is 128 Å². The molecule has 1 atom stereocenters. The smallest absolute Gasteiger partial charge is 0.365 e. The van der Waals surface area contributed by atoms with Crippen molar-refractivity contribution in [1.29, 1.82) is 0 Å². The van der Waals surface area contributed by atoms with Crippen LogP contribution < -0.4 is 10.6 Å². The number of aliphatic hydroxyl groups is 3. The second-order valence-corrected chi connectivity index (χ2v) is 7.97. The Balaban J connectivity index is 1.95. The molecule has 5 N–H and O–H groups in total. The van der Waals surface area contributed by atoms with Crippen molar-refractivity contribution in [2.75, 3.05) is 17.2 Å². The predicted molar refractivity (Wildman–Crippen MR) is 107 cm³/mol. The molecule has 0 aliphatic heterocycles. The van der Waals surface area contributed by atoms with Gasteiger partial charge in [-0.15, -0.1) is 0 Å². The van der Waals surface area contributed by atoms with Crippen molar-refractivity contribution >= 4 is 22.8 Å². The minimum Gasteiger partial charge on any atom is -0.365 e. The third-order valence-electron chi connectivity index (χ3n) is 4.21. The maximum atomic E-state index is 14.0. The number of aromatic nitrogens is 4. The van der Waals surface area contributed by atoms with E-state index in [1.807, 2.05) is 27.7 Å². The summed E-state index contributed by atoms with van der Waals surface area (Å²) in [6.07, 6.45) is -1.89. The zero-order chi connectivity index (χ0) is 21.4. The Morgan fingerprint density at radius 1 is 1.14 bits per heavy atom. The second kappa shape index (κ2) is 7.54. The maximum absolute atomic E-state index is 14.0. The van der Waals surface area contributed by atoms with Gasteiger partial charge < -0.3 is 26.0 Å². The highest BCUT2D eigenvalue weighted by atomic mass is 19.1. The van der Waals surface area contributed by atoms with Gasteiger partial charge in [-0.25, -0.2) is 4.39 Å². The second-order valence-electron chi connectivity index (χ2n) is 7.97. The van der Waals surface area contributed by atoms with Crippen LogP contribution in [0.25, 0.3) is 11.0 Å². The maximum Gasteiger partial charge on any atom is 0.390 e. The number of benzene rings is 1. The first-order valence-electron chi connectivity index (χ1n) is 9.15. The Bertz CT molecular complexity index is 1010. The predicted octanol–water partition coefficient (Wildman–Crippen LogP) is 1.94. The minimum atomic E-state index is -3.22. The summed E-state index contributed by atoms with van der Waals surface area (Å²) >= 11 is 0. The van der Waals surface area contributed by atoms with Crippen molar-refractivity contribution in [1.82, 2.24) is 19.7 Å². The van der Waals surface area contributed by atoms with Crippen LogP contribution in [0.5, 0.6) is 0 Å². The SMILES string of the molecule is CC(CNc1nc(NC(C)(C)C)c2cnn(C(O)(O)O)c2n1)c1ccccc1F. The molecule has 3 rings (SSSR count). The monoisotopic (exact) mass is 404 g/mol. The lowest BCUT2D eigenvalue weighted by Gasteiger charge is -2.22. The van der Waals surface area contributed by atoms with Gasteiger partial charge in [0.2, 0.25) is 5.95 Å². The molecule has 2 aromatic heterocycles. The molecule has 9 nitrogen and oxygen atoms in total. The average molecular weight is 404 g/mol. The quantitative estimate of drug-likeness (QED) is 0.394. The fraction of sp³-hybridized carbons (Fsp3) is 0.421. The van der Waals surface area contributed by atoms with Crippen LogP contribution in [0.3, 0.4) is 0 Å². The molecule has 1 unspecified atom stereocenters. The van der Waals surface area contributed by atoms with Gasteiger partial charge in [0, 0.05) is 18.0 Å². The molecule has 0 aliphatic rings. The molecule has 0 saturated heterocycles. The summed E-state index contributed by atoms with van der Waals surface area (Å²) in [5.41, 5.74) is 0.218. The first-order valence-corrected chi connectivity index (χ1v) is 9.15. The Morgan fingerprint density at radius 2 is 1.83 bits per heavy atom. The molecule has 0 amide bonds. The number of fused-ring (bicyclic) bond motifs is 1. The molecule has 0 bridgehead atoms. The number of hydrogen-bond acceptors (Lipinski definition) is 8. The summed E-state index contributed by atoms with van der Waals surface area (Å²) in [7, 11) is 0. The molecular weight excluding hydrogens is 379 g/mol. The van der Waals surface area contributed by atoms with Gasteiger partial charge in [-0.3, -0.25) is 0 Å². The highest BCUT2D eigenvalue weighted by Gasteiger charge is 2.28. The minimum absolute atomic E-state index is 0.0142. The molecule has 1 aromatic carbocycles. The van der Waals surface area contributed by atoms with Crippen molar-refractivity contribution in [3.8, 4) is 0 Å². The summed E-state index contributed by atoms with van der Waals surface area (Å²) in [5, 5.41) is 39.1. The van der Waals surface area contributed by atoms with Gasteiger partial charge in [-0.05, 0) is 32.4 Å². The average Bonchev–Trinajstić information content (AvgIpc) is 3.03. The zero-order valence-electron chi connectivity index (χ0n) is 16.7. The highest BCUT2D eigenvalue weighted by molar-refractivity contribution is 5.87. The van der Waals surface area contributed by atoms with Crippen LogP contribution >= 0.6 is 0 Å². The van der Waals surface area contributed by atoms with E-state index in [0.717, 1.165) is 0 Å². The number of anilines is 2. The van der Waals surface area contributed by atoms with Crippen molar-refractivity contribution < 1.29 is 19.7 Å². The van der Waals surface area contributed by atoms with E-state index in [1.54, 1.807) is 18.2 Å². The number of rotatable bonds is 6. The molecule has 0 radical (unpaired) electrons. The highest BCUT2D eigenvalue weighted by Crippen LogP contribution is 2.27. The van der Waals surface area contributed by atoms with E-state index in [0.29, 0.717) is 28.0 Å². The van der Waals surface area contributed by atoms with Crippen molar-refractivity contribution in [2.45, 2.75) is 45.2 Å². The van der Waals surface area contributed by atoms with Gasteiger partial charge in [-0.1, -0.05) is 25.1 Å². The largest absolute Gasteiger partial charge is 0.390 e. The molecule has 0 saturated carbocycles. The van der Waals surface area contributed by atoms with Gasteiger partial charge in [0.05, 0.1) is 11.6 Å². The van der Waals surface area contributed by atoms with Crippen LogP contribution in [0.15, 0.2) is 30.5 Å². The van der Waals surface area contributed by atoms with E-state index in [9.17, 15) is 19.7 Å². The lowest BCUT2D eigenvalue weighted by atomic mass is 10.0. The van der Waals surface area contributed by atoms with E-state index in [-0.39, 0.29) is 28.9 Å². The zero-order valence-corrected chi connectivity index (χ0v) is 16.7. The molecule has 29 heavy (non-hydrogen) atoms. The third-order valence-corrected chi connectivity index (χ3v) is 4.21. The standard InChI is InChI=1S/C19H25FN6O3/c1-11(12-7-5-6-8-14(12)20)9-21-17-23-15(25-18(2,3)4)13-10-22-26(16(13)24-17)19(27,28)29/h5-8,10-11,27-29H,9H2,1-4H3,(H2,21,23,24,25). The summed E-state index contributed by atoms with van der Waals surface area (Å²) in [4.78, 5) is 8.69. The molecule has 0 aliphatic carbocycles. The summed E-state index contributed by atoms with van der Waals surface area (Å²) in [6.45, 7) is 8.01. The van der Waals surface area contributed by atoms with Gasteiger partial charge >= 0.3 is 6.10 Å². The van der Waals surface area contributed by atoms with E-state index < -0.39 is 6.10 Å². The van der Waals surface area contributed by atoms with Gasteiger partial charge in [0.15, 0.2) is 5.65 Å². The lowest BCUT2D eigenvalue weighted by molar-refractivity contribution is -0.378. The number of hydrogen-bond donors (Lipinski definition) is 5. The Labute approximate surface area is 167 Å². The van der Waals surface area contributed by atoms with Crippen molar-refractivity contribution in [3.63, 3.8) is 0 Å². The Hall–Kier alpha value is -2.82. The lowest BCUT2D eigenvalue weighted by Crippen LogP contribution is -2.33. The Kier molecular flexibility index (Phi) is 5.44. The number of nitrogens with one attached hydrogen (secondary N) is 2. The van der Waals surface area contributed by atoms with Crippen LogP contribution in [0.4, 0.5) is 16.2 Å². The molecule has 156 valence electrons.